The topological polar surface area (TPSA) is 72.2 Å². The van der Waals surface area contributed by atoms with E-state index in [1.54, 1.807) is 37.3 Å². The number of allylic oxidation sites excluding steroid dienone is 1. The first-order valence-corrected chi connectivity index (χ1v) is 13.4. The summed E-state index contributed by atoms with van der Waals surface area (Å²) in [5.74, 6) is -0.389. The molecule has 0 spiro atoms. The maximum Gasteiger partial charge on any atom is 0.175 e. The molecular weight excluding hydrogens is 451 g/mol. The zero-order chi connectivity index (χ0) is 24.3. The molecule has 1 aromatic heterocycles. The van der Waals surface area contributed by atoms with Crippen molar-refractivity contribution in [2.45, 2.75) is 50.2 Å². The lowest BCUT2D eigenvalue weighted by molar-refractivity contribution is -0.0714. The van der Waals surface area contributed by atoms with Crippen molar-refractivity contribution in [2.75, 3.05) is 6.26 Å². The monoisotopic (exact) mass is 480 g/mol. The standard InChI is InChI=1S/C27H29FN2O3S/c1-26-16-30-17-29-25(18-10-12-21(28)13-11-18)23(30)15-19(26)6-5-9-24(26)27(2,31)20-7-4-8-22(14-20)34(3,32)33/h4,7-8,10-15,17,24,31H,5-6,9,16H2,1-3H3/t24-,26-,27+/m0/s1. The first-order chi connectivity index (χ1) is 16.0. The number of rotatable bonds is 4. The molecule has 2 heterocycles. The molecule has 1 aliphatic carbocycles. The molecular formula is C27H29FN2O3S. The van der Waals surface area contributed by atoms with Crippen molar-refractivity contribution in [2.24, 2.45) is 11.3 Å². The van der Waals surface area contributed by atoms with Crippen molar-refractivity contribution in [3.8, 4) is 11.3 Å². The van der Waals surface area contributed by atoms with E-state index < -0.39 is 15.4 Å². The minimum absolute atomic E-state index is 0.111. The highest BCUT2D eigenvalue weighted by Crippen LogP contribution is 2.55. The van der Waals surface area contributed by atoms with Crippen LogP contribution in [-0.4, -0.2) is 29.3 Å². The van der Waals surface area contributed by atoms with Gasteiger partial charge in [0.25, 0.3) is 0 Å². The number of nitrogens with zero attached hydrogens (tertiary/aromatic N) is 2. The number of hydrogen-bond donors (Lipinski definition) is 1. The van der Waals surface area contributed by atoms with Crippen LogP contribution in [0.1, 0.15) is 44.4 Å². The van der Waals surface area contributed by atoms with Crippen molar-refractivity contribution in [1.29, 1.82) is 0 Å². The number of benzene rings is 2. The van der Waals surface area contributed by atoms with Gasteiger partial charge in [-0.1, -0.05) is 24.6 Å². The first-order valence-electron chi connectivity index (χ1n) is 11.6. The molecule has 3 aromatic rings. The molecule has 7 heteroatoms. The van der Waals surface area contributed by atoms with Gasteiger partial charge in [0.1, 0.15) is 5.82 Å². The van der Waals surface area contributed by atoms with Crippen LogP contribution in [0.3, 0.4) is 0 Å². The molecule has 0 bridgehead atoms. The molecule has 0 saturated heterocycles. The third-order valence-corrected chi connectivity index (χ3v) is 8.88. The fourth-order valence-electron chi connectivity index (χ4n) is 5.94. The molecule has 0 unspecified atom stereocenters. The van der Waals surface area contributed by atoms with E-state index in [1.807, 2.05) is 12.4 Å². The average molecular weight is 481 g/mol. The summed E-state index contributed by atoms with van der Waals surface area (Å²) in [7, 11) is -3.38. The van der Waals surface area contributed by atoms with E-state index in [-0.39, 0.29) is 22.0 Å². The molecule has 1 aliphatic heterocycles. The van der Waals surface area contributed by atoms with Gasteiger partial charge in [-0.15, -0.1) is 0 Å². The van der Waals surface area contributed by atoms with Gasteiger partial charge in [0.05, 0.1) is 28.2 Å². The Morgan fingerprint density at radius 2 is 1.94 bits per heavy atom. The second-order valence-electron chi connectivity index (χ2n) is 10.1. The first kappa shape index (κ1) is 23.0. The van der Waals surface area contributed by atoms with Crippen LogP contribution in [0.15, 0.2) is 65.3 Å². The van der Waals surface area contributed by atoms with Crippen LogP contribution in [0.25, 0.3) is 17.3 Å². The van der Waals surface area contributed by atoms with Gasteiger partial charge in [0.2, 0.25) is 0 Å². The number of hydrogen-bond acceptors (Lipinski definition) is 4. The van der Waals surface area contributed by atoms with Crippen LogP contribution in [0.2, 0.25) is 0 Å². The van der Waals surface area contributed by atoms with E-state index in [9.17, 15) is 17.9 Å². The Kier molecular flexibility index (Phi) is 5.33. The molecule has 1 saturated carbocycles. The van der Waals surface area contributed by atoms with Crippen LogP contribution >= 0.6 is 0 Å². The van der Waals surface area contributed by atoms with Crippen LogP contribution in [0.4, 0.5) is 4.39 Å². The maximum absolute atomic E-state index is 13.4. The molecule has 2 aliphatic rings. The van der Waals surface area contributed by atoms with Gasteiger partial charge in [-0.2, -0.15) is 0 Å². The number of fused-ring (bicyclic) bond motifs is 2. The number of imidazole rings is 1. The summed E-state index contributed by atoms with van der Waals surface area (Å²) in [5, 5.41) is 11.9. The minimum Gasteiger partial charge on any atom is -0.385 e. The van der Waals surface area contributed by atoms with E-state index >= 15 is 0 Å². The number of aliphatic hydroxyl groups is 1. The molecule has 0 amide bonds. The van der Waals surface area contributed by atoms with Gasteiger partial charge < -0.3 is 9.67 Å². The largest absolute Gasteiger partial charge is 0.385 e. The molecule has 1 N–H and O–H groups in total. The lowest BCUT2D eigenvalue weighted by Crippen LogP contribution is -2.48. The Morgan fingerprint density at radius 1 is 1.21 bits per heavy atom. The van der Waals surface area contributed by atoms with Gasteiger partial charge in [-0.25, -0.2) is 17.8 Å². The van der Waals surface area contributed by atoms with Gasteiger partial charge in [-0.05, 0) is 74.2 Å². The normalized spacial score (nSPS) is 24.0. The summed E-state index contributed by atoms with van der Waals surface area (Å²) in [6.45, 7) is 4.66. The average Bonchev–Trinajstić information content (AvgIpc) is 3.18. The fourth-order valence-corrected chi connectivity index (χ4v) is 6.60. The third-order valence-electron chi connectivity index (χ3n) is 7.77. The highest BCUT2D eigenvalue weighted by atomic mass is 32.2. The van der Waals surface area contributed by atoms with Crippen molar-refractivity contribution in [1.82, 2.24) is 9.55 Å². The summed E-state index contributed by atoms with van der Waals surface area (Å²) >= 11 is 0. The predicted octanol–water partition coefficient (Wildman–Crippen LogP) is 5.20. The molecule has 34 heavy (non-hydrogen) atoms. The number of halogens is 1. The quantitative estimate of drug-likeness (QED) is 0.557. The highest BCUT2D eigenvalue weighted by Gasteiger charge is 2.51. The molecule has 178 valence electrons. The number of aromatic nitrogens is 2. The van der Waals surface area contributed by atoms with Crippen LogP contribution in [0, 0.1) is 17.2 Å². The summed E-state index contributed by atoms with van der Waals surface area (Å²) < 4.78 is 39.8. The van der Waals surface area contributed by atoms with E-state index in [2.05, 4.69) is 22.6 Å². The lowest BCUT2D eigenvalue weighted by atomic mass is 9.57. The number of sulfone groups is 1. The predicted molar refractivity (Wildman–Crippen MR) is 130 cm³/mol. The van der Waals surface area contributed by atoms with Crippen molar-refractivity contribution in [3.63, 3.8) is 0 Å². The van der Waals surface area contributed by atoms with Gasteiger partial charge >= 0.3 is 0 Å². The molecule has 5 nitrogen and oxygen atoms in total. The Balaban J connectivity index is 1.55. The van der Waals surface area contributed by atoms with Crippen molar-refractivity contribution < 1.29 is 17.9 Å². The van der Waals surface area contributed by atoms with Crippen LogP contribution in [0.5, 0.6) is 0 Å². The third kappa shape index (κ3) is 3.71. The Bertz CT molecular complexity index is 1390. The van der Waals surface area contributed by atoms with Crippen LogP contribution in [-0.2, 0) is 22.0 Å². The van der Waals surface area contributed by atoms with E-state index in [0.29, 0.717) is 12.1 Å². The summed E-state index contributed by atoms with van der Waals surface area (Å²) in [5.41, 5.74) is 3.03. The molecule has 3 atom stereocenters. The molecule has 2 aromatic carbocycles. The van der Waals surface area contributed by atoms with Gasteiger partial charge in [0.15, 0.2) is 9.84 Å². The lowest BCUT2D eigenvalue weighted by Gasteiger charge is -2.51. The molecule has 1 fully saturated rings. The Labute approximate surface area is 199 Å². The second kappa shape index (κ2) is 7.89. The Morgan fingerprint density at radius 3 is 2.65 bits per heavy atom. The van der Waals surface area contributed by atoms with E-state index in [4.69, 9.17) is 0 Å². The smallest absolute Gasteiger partial charge is 0.175 e. The Hall–Kier alpha value is -2.77. The highest BCUT2D eigenvalue weighted by molar-refractivity contribution is 7.90. The van der Waals surface area contributed by atoms with Crippen LogP contribution < -0.4 is 0 Å². The van der Waals surface area contributed by atoms with Crippen molar-refractivity contribution in [3.05, 3.63) is 77.5 Å². The second-order valence-corrected chi connectivity index (χ2v) is 12.1. The van der Waals surface area contributed by atoms with E-state index in [0.717, 1.165) is 36.2 Å². The molecule has 5 rings (SSSR count). The SMILES string of the molecule is C[C@]12Cn3cnc(-c4ccc(F)cc4)c3C=C1CCC[C@@H]2[C@](C)(O)c1cccc(S(C)(=O)=O)c1. The summed E-state index contributed by atoms with van der Waals surface area (Å²) in [6.07, 6.45) is 7.89. The van der Waals surface area contributed by atoms with E-state index in [1.165, 1.54) is 24.0 Å². The minimum atomic E-state index is -3.38. The fraction of sp³-hybridized carbons (Fsp3) is 0.370. The van der Waals surface area contributed by atoms with Crippen molar-refractivity contribution >= 4 is 15.9 Å². The zero-order valence-corrected chi connectivity index (χ0v) is 20.4. The molecule has 0 radical (unpaired) electrons. The maximum atomic E-state index is 13.4. The van der Waals surface area contributed by atoms with Gasteiger partial charge in [-0.3, -0.25) is 0 Å². The van der Waals surface area contributed by atoms with Gasteiger partial charge in [0, 0.05) is 29.7 Å². The summed E-state index contributed by atoms with van der Waals surface area (Å²) in [6, 6.07) is 13.1. The zero-order valence-electron chi connectivity index (χ0n) is 19.6. The summed E-state index contributed by atoms with van der Waals surface area (Å²) in [4.78, 5) is 4.85.